The van der Waals surface area contributed by atoms with Crippen LogP contribution in [0.1, 0.15) is 38.7 Å². The highest BCUT2D eigenvalue weighted by molar-refractivity contribution is 9.10. The molecule has 1 aliphatic rings. The number of hydrogen-bond acceptors (Lipinski definition) is 2. The summed E-state index contributed by atoms with van der Waals surface area (Å²) in [6.07, 6.45) is -3.41. The summed E-state index contributed by atoms with van der Waals surface area (Å²) >= 11 is 3.35. The number of alkyl halides is 3. The van der Waals surface area contributed by atoms with Crippen LogP contribution in [0.3, 0.4) is 0 Å². The highest BCUT2D eigenvalue weighted by Crippen LogP contribution is 2.35. The summed E-state index contributed by atoms with van der Waals surface area (Å²) in [5.41, 5.74) is 2.53. The SMILES string of the molecule is CC1(C)CC(=O)NN1C(CCCc1cccc(Br)c1)C(F)(F)F. The molecule has 0 aromatic heterocycles. The lowest BCUT2D eigenvalue weighted by Crippen LogP contribution is -2.56. The molecule has 0 bridgehead atoms. The van der Waals surface area contributed by atoms with E-state index in [1.807, 2.05) is 24.3 Å². The first-order chi connectivity index (χ1) is 10.6. The molecule has 2 rings (SSSR count). The third-order valence-electron chi connectivity index (χ3n) is 4.01. The summed E-state index contributed by atoms with van der Waals surface area (Å²) < 4.78 is 41.2. The Morgan fingerprint density at radius 3 is 2.61 bits per heavy atom. The molecule has 1 unspecified atom stereocenters. The second-order valence-corrected chi connectivity index (χ2v) is 7.39. The molecule has 1 aromatic rings. The van der Waals surface area contributed by atoms with Crippen molar-refractivity contribution in [2.45, 2.75) is 57.3 Å². The van der Waals surface area contributed by atoms with Gasteiger partial charge in [0.1, 0.15) is 6.04 Å². The van der Waals surface area contributed by atoms with Gasteiger partial charge in [-0.2, -0.15) is 13.2 Å². The highest BCUT2D eigenvalue weighted by Gasteiger charge is 2.51. The number of hydrogen-bond donors (Lipinski definition) is 1. The van der Waals surface area contributed by atoms with Crippen LogP contribution in [0.4, 0.5) is 13.2 Å². The third kappa shape index (κ3) is 4.70. The van der Waals surface area contributed by atoms with Crippen molar-refractivity contribution in [1.82, 2.24) is 10.4 Å². The molecule has 1 heterocycles. The number of halogens is 4. The van der Waals surface area contributed by atoms with Crippen LogP contribution in [0.25, 0.3) is 0 Å². The minimum absolute atomic E-state index is 0.0558. The Morgan fingerprint density at radius 1 is 1.39 bits per heavy atom. The Balaban J connectivity index is 2.04. The normalized spacial score (nSPS) is 19.7. The minimum atomic E-state index is -4.38. The van der Waals surface area contributed by atoms with Gasteiger partial charge >= 0.3 is 6.18 Å². The second kappa shape index (κ2) is 6.81. The molecule has 1 N–H and O–H groups in total. The zero-order chi connectivity index (χ0) is 17.3. The smallest absolute Gasteiger partial charge is 0.288 e. The first-order valence-electron chi connectivity index (χ1n) is 7.49. The van der Waals surface area contributed by atoms with E-state index in [4.69, 9.17) is 0 Å². The molecule has 0 spiro atoms. The van der Waals surface area contributed by atoms with E-state index in [1.54, 1.807) is 13.8 Å². The van der Waals surface area contributed by atoms with Crippen LogP contribution < -0.4 is 5.43 Å². The highest BCUT2D eigenvalue weighted by atomic mass is 79.9. The zero-order valence-corrected chi connectivity index (χ0v) is 14.7. The van der Waals surface area contributed by atoms with Gasteiger partial charge in [0.15, 0.2) is 0 Å². The lowest BCUT2D eigenvalue weighted by Gasteiger charge is -2.37. The van der Waals surface area contributed by atoms with E-state index >= 15 is 0 Å². The molecule has 1 aliphatic heterocycles. The van der Waals surface area contributed by atoms with E-state index in [2.05, 4.69) is 21.4 Å². The van der Waals surface area contributed by atoms with Gasteiger partial charge in [-0.1, -0.05) is 28.1 Å². The molecule has 1 amide bonds. The van der Waals surface area contributed by atoms with Crippen molar-refractivity contribution in [1.29, 1.82) is 0 Å². The molecule has 7 heteroatoms. The number of nitrogens with one attached hydrogen (secondary N) is 1. The summed E-state index contributed by atoms with van der Waals surface area (Å²) in [5.74, 6) is -0.365. The first kappa shape index (κ1) is 18.3. The lowest BCUT2D eigenvalue weighted by molar-refractivity contribution is -0.202. The van der Waals surface area contributed by atoms with E-state index in [0.29, 0.717) is 12.8 Å². The van der Waals surface area contributed by atoms with Gasteiger partial charge in [0.2, 0.25) is 5.91 Å². The maximum atomic E-state index is 13.4. The van der Waals surface area contributed by atoms with Crippen LogP contribution in [0.15, 0.2) is 28.7 Å². The summed E-state index contributed by atoms with van der Waals surface area (Å²) in [7, 11) is 0. The quantitative estimate of drug-likeness (QED) is 0.813. The standard InChI is InChI=1S/C16H20BrF3N2O/c1-15(2)10-14(23)21-22(15)13(16(18,19)20)8-4-6-11-5-3-7-12(17)9-11/h3,5,7,9,13H,4,6,8,10H2,1-2H3,(H,21,23). The Morgan fingerprint density at radius 2 is 2.09 bits per heavy atom. The number of nitrogens with zero attached hydrogens (tertiary/aromatic N) is 1. The fraction of sp³-hybridized carbons (Fsp3) is 0.562. The number of carbonyl (C=O) groups excluding carboxylic acids is 1. The van der Waals surface area contributed by atoms with Crippen molar-refractivity contribution in [3.63, 3.8) is 0 Å². The number of amides is 1. The zero-order valence-electron chi connectivity index (χ0n) is 13.1. The Kier molecular flexibility index (Phi) is 5.41. The molecule has 1 aromatic carbocycles. The number of benzene rings is 1. The van der Waals surface area contributed by atoms with Crippen LogP contribution in [0, 0.1) is 0 Å². The Labute approximate surface area is 142 Å². The van der Waals surface area contributed by atoms with Crippen molar-refractivity contribution in [2.24, 2.45) is 0 Å². The second-order valence-electron chi connectivity index (χ2n) is 6.47. The van der Waals surface area contributed by atoms with Gasteiger partial charge < -0.3 is 0 Å². The topological polar surface area (TPSA) is 32.3 Å². The molecule has 0 radical (unpaired) electrons. The average Bonchev–Trinajstić information content (AvgIpc) is 2.66. The Bertz CT molecular complexity index is 575. The van der Waals surface area contributed by atoms with Crippen molar-refractivity contribution in [2.75, 3.05) is 0 Å². The number of hydrazine groups is 1. The monoisotopic (exact) mass is 392 g/mol. The van der Waals surface area contributed by atoms with Gasteiger partial charge in [-0.25, -0.2) is 5.01 Å². The van der Waals surface area contributed by atoms with Crippen LogP contribution >= 0.6 is 15.9 Å². The molecule has 1 saturated heterocycles. The maximum absolute atomic E-state index is 13.4. The summed E-state index contributed by atoms with van der Waals surface area (Å²) in [6, 6.07) is 5.88. The van der Waals surface area contributed by atoms with Crippen molar-refractivity contribution < 1.29 is 18.0 Å². The van der Waals surface area contributed by atoms with E-state index < -0.39 is 17.8 Å². The molecule has 1 atom stereocenters. The lowest BCUT2D eigenvalue weighted by atomic mass is 9.97. The number of aryl methyl sites for hydroxylation is 1. The Hall–Kier alpha value is -1.08. The molecular weight excluding hydrogens is 373 g/mol. The summed E-state index contributed by atoms with van der Waals surface area (Å²) in [5, 5.41) is 1.08. The van der Waals surface area contributed by atoms with Crippen LogP contribution in [0.5, 0.6) is 0 Å². The third-order valence-corrected chi connectivity index (χ3v) is 4.51. The van der Waals surface area contributed by atoms with Gasteiger partial charge in [0, 0.05) is 16.4 Å². The number of rotatable bonds is 5. The molecule has 23 heavy (non-hydrogen) atoms. The van der Waals surface area contributed by atoms with Gasteiger partial charge in [-0.3, -0.25) is 10.2 Å². The van der Waals surface area contributed by atoms with E-state index in [9.17, 15) is 18.0 Å². The van der Waals surface area contributed by atoms with Gasteiger partial charge in [-0.15, -0.1) is 0 Å². The molecular formula is C16H20BrF3N2O. The predicted octanol–water partition coefficient (Wildman–Crippen LogP) is 4.22. The molecule has 3 nitrogen and oxygen atoms in total. The predicted molar refractivity (Wildman–Crippen MR) is 85.6 cm³/mol. The first-order valence-corrected chi connectivity index (χ1v) is 8.29. The van der Waals surface area contributed by atoms with Gasteiger partial charge in [0.25, 0.3) is 0 Å². The fourth-order valence-electron chi connectivity index (χ4n) is 2.93. The van der Waals surface area contributed by atoms with Crippen molar-refractivity contribution >= 4 is 21.8 Å². The molecule has 0 aliphatic carbocycles. The maximum Gasteiger partial charge on any atom is 0.405 e. The van der Waals surface area contributed by atoms with Crippen molar-refractivity contribution in [3.05, 3.63) is 34.3 Å². The average molecular weight is 393 g/mol. The van der Waals surface area contributed by atoms with Gasteiger partial charge in [0.05, 0.1) is 0 Å². The van der Waals surface area contributed by atoms with Crippen molar-refractivity contribution in [3.8, 4) is 0 Å². The minimum Gasteiger partial charge on any atom is -0.288 e. The van der Waals surface area contributed by atoms with E-state index in [1.165, 1.54) is 0 Å². The van der Waals surface area contributed by atoms with E-state index in [0.717, 1.165) is 15.0 Å². The van der Waals surface area contributed by atoms with Crippen LogP contribution in [-0.2, 0) is 11.2 Å². The van der Waals surface area contributed by atoms with Crippen LogP contribution in [-0.4, -0.2) is 28.7 Å². The molecule has 1 fully saturated rings. The fourth-order valence-corrected chi connectivity index (χ4v) is 3.38. The molecule has 128 valence electrons. The number of carbonyl (C=O) groups is 1. The van der Waals surface area contributed by atoms with Gasteiger partial charge in [-0.05, 0) is 50.8 Å². The summed E-state index contributed by atoms with van der Waals surface area (Å²) in [6.45, 7) is 3.30. The van der Waals surface area contributed by atoms with E-state index in [-0.39, 0.29) is 18.7 Å². The molecule has 0 saturated carbocycles. The summed E-state index contributed by atoms with van der Waals surface area (Å²) in [4.78, 5) is 11.5. The largest absolute Gasteiger partial charge is 0.405 e. The van der Waals surface area contributed by atoms with Crippen LogP contribution in [0.2, 0.25) is 0 Å².